The van der Waals surface area contributed by atoms with Crippen molar-refractivity contribution in [3.63, 3.8) is 0 Å². The zero-order chi connectivity index (χ0) is 13.1. The Morgan fingerprint density at radius 1 is 1.33 bits per heavy atom. The number of aromatic nitrogens is 1. The zero-order valence-corrected chi connectivity index (χ0v) is 10.3. The van der Waals surface area contributed by atoms with Crippen molar-refractivity contribution in [1.82, 2.24) is 9.88 Å². The molecule has 1 heterocycles. The first-order valence-corrected chi connectivity index (χ1v) is 5.59. The lowest BCUT2D eigenvalue weighted by atomic mass is 10.1. The summed E-state index contributed by atoms with van der Waals surface area (Å²) >= 11 is 0. The van der Waals surface area contributed by atoms with Gasteiger partial charge in [-0.05, 0) is 26.2 Å². The van der Waals surface area contributed by atoms with E-state index in [4.69, 9.17) is 5.11 Å². The summed E-state index contributed by atoms with van der Waals surface area (Å²) in [4.78, 5) is 17.2. The van der Waals surface area contributed by atoms with Crippen molar-refractivity contribution in [1.29, 1.82) is 0 Å². The van der Waals surface area contributed by atoms with Gasteiger partial charge in [0, 0.05) is 11.9 Å². The fourth-order valence-corrected chi connectivity index (χ4v) is 1.82. The monoisotopic (exact) mass is 245 g/mol. The molecule has 1 amide bonds. The number of fused-ring (bicyclic) bond motifs is 1. The molecule has 18 heavy (non-hydrogen) atoms. The number of amides is 1. The highest BCUT2D eigenvalue weighted by Crippen LogP contribution is 2.22. The maximum atomic E-state index is 10.7. The molecule has 1 aromatic heterocycles. The van der Waals surface area contributed by atoms with Crippen LogP contribution in [-0.4, -0.2) is 35.2 Å². The molecule has 0 radical (unpaired) electrons. The molecule has 5 nitrogen and oxygen atoms in total. The first kappa shape index (κ1) is 12.3. The van der Waals surface area contributed by atoms with E-state index in [0.717, 1.165) is 17.6 Å². The molecule has 2 N–H and O–H groups in total. The maximum absolute atomic E-state index is 10.7. The summed E-state index contributed by atoms with van der Waals surface area (Å²) < 4.78 is 0. The third kappa shape index (κ3) is 2.75. The topological polar surface area (TPSA) is 65.5 Å². The summed E-state index contributed by atoms with van der Waals surface area (Å²) in [5, 5.41) is 12.1. The molecule has 0 aliphatic heterocycles. The molecule has 2 aromatic rings. The number of hydrogen-bond acceptors (Lipinski definition) is 3. The van der Waals surface area contributed by atoms with Crippen LogP contribution in [0.5, 0.6) is 0 Å². The van der Waals surface area contributed by atoms with Gasteiger partial charge >= 0.3 is 6.09 Å². The van der Waals surface area contributed by atoms with Crippen molar-refractivity contribution in [3.8, 4) is 0 Å². The van der Waals surface area contributed by atoms with E-state index in [9.17, 15) is 4.79 Å². The molecule has 0 saturated carbocycles. The molecule has 1 aromatic carbocycles. The van der Waals surface area contributed by atoms with Crippen LogP contribution in [0.1, 0.15) is 5.69 Å². The lowest BCUT2D eigenvalue weighted by molar-refractivity contribution is 0.210. The molecule has 0 atom stereocenters. The molecule has 5 heteroatoms. The number of pyridine rings is 1. The lowest BCUT2D eigenvalue weighted by Crippen LogP contribution is -2.12. The number of rotatable bonds is 3. The van der Waals surface area contributed by atoms with Crippen molar-refractivity contribution >= 4 is 22.7 Å². The summed E-state index contributed by atoms with van der Waals surface area (Å²) in [6.07, 6.45) is -1.08. The number of nitrogens with one attached hydrogen (secondary N) is 1. The highest BCUT2D eigenvalue weighted by Gasteiger charge is 2.06. The van der Waals surface area contributed by atoms with E-state index in [-0.39, 0.29) is 0 Å². The molecule has 0 aliphatic carbocycles. The second-order valence-electron chi connectivity index (χ2n) is 4.35. The van der Waals surface area contributed by atoms with Gasteiger partial charge < -0.3 is 10.0 Å². The van der Waals surface area contributed by atoms with Gasteiger partial charge in [0.05, 0.1) is 16.9 Å². The number of hydrogen-bond donors (Lipinski definition) is 2. The Labute approximate surface area is 105 Å². The minimum Gasteiger partial charge on any atom is -0.465 e. The van der Waals surface area contributed by atoms with Gasteiger partial charge in [0.25, 0.3) is 0 Å². The third-order valence-electron chi connectivity index (χ3n) is 2.50. The van der Waals surface area contributed by atoms with Crippen LogP contribution in [0.25, 0.3) is 10.9 Å². The van der Waals surface area contributed by atoms with E-state index in [2.05, 4.69) is 10.3 Å². The number of anilines is 1. The lowest BCUT2D eigenvalue weighted by Gasteiger charge is -2.11. The summed E-state index contributed by atoms with van der Waals surface area (Å²) in [6, 6.07) is 9.33. The van der Waals surface area contributed by atoms with Gasteiger partial charge in [-0.1, -0.05) is 18.2 Å². The summed E-state index contributed by atoms with van der Waals surface area (Å²) in [7, 11) is 3.93. The number of benzene rings is 1. The second kappa shape index (κ2) is 5.01. The Morgan fingerprint density at radius 2 is 2.11 bits per heavy atom. The average molecular weight is 245 g/mol. The van der Waals surface area contributed by atoms with Crippen molar-refractivity contribution in [2.45, 2.75) is 6.54 Å². The number of carbonyl (C=O) groups is 1. The van der Waals surface area contributed by atoms with Crippen molar-refractivity contribution in [3.05, 3.63) is 36.0 Å². The highest BCUT2D eigenvalue weighted by molar-refractivity contribution is 5.97. The molecule has 94 valence electrons. The minimum atomic E-state index is -1.08. The van der Waals surface area contributed by atoms with Crippen LogP contribution in [-0.2, 0) is 6.54 Å². The molecule has 0 unspecified atom stereocenters. The molecule has 0 bridgehead atoms. The summed E-state index contributed by atoms with van der Waals surface area (Å²) in [5.74, 6) is 0. The second-order valence-corrected chi connectivity index (χ2v) is 4.35. The fourth-order valence-electron chi connectivity index (χ4n) is 1.82. The highest BCUT2D eigenvalue weighted by atomic mass is 16.4. The number of para-hydroxylation sites is 1. The molecule has 0 aliphatic rings. The van der Waals surface area contributed by atoms with Crippen LogP contribution in [0, 0.1) is 0 Å². The van der Waals surface area contributed by atoms with E-state index in [0.29, 0.717) is 11.2 Å². The third-order valence-corrected chi connectivity index (χ3v) is 2.50. The first-order chi connectivity index (χ1) is 8.56. The molecule has 2 rings (SSSR count). The van der Waals surface area contributed by atoms with Crippen LogP contribution < -0.4 is 5.32 Å². The zero-order valence-electron chi connectivity index (χ0n) is 10.3. The molecular weight excluding hydrogens is 230 g/mol. The normalized spacial score (nSPS) is 10.8. The number of carboxylic acid groups (broad SMARTS) is 1. The van der Waals surface area contributed by atoms with Crippen molar-refractivity contribution in [2.24, 2.45) is 0 Å². The van der Waals surface area contributed by atoms with Gasteiger partial charge in [-0.15, -0.1) is 0 Å². The average Bonchev–Trinajstić information content (AvgIpc) is 2.28. The minimum absolute atomic E-state index is 0.514. The fraction of sp³-hybridized carbons (Fsp3) is 0.231. The Hall–Kier alpha value is -2.14. The van der Waals surface area contributed by atoms with E-state index < -0.39 is 6.09 Å². The van der Waals surface area contributed by atoms with E-state index in [1.165, 1.54) is 0 Å². The smallest absolute Gasteiger partial charge is 0.409 e. The molecular formula is C13H15N3O2. The Bertz CT molecular complexity index is 581. The standard InChI is InChI=1S/C13H15N3O2/c1-16(2)8-10-7-6-9-4-3-5-11(12(9)14-10)15-13(17)18/h3-7,15H,8H2,1-2H3,(H,17,18). The van der Waals surface area contributed by atoms with E-state index in [1.54, 1.807) is 12.1 Å². The quantitative estimate of drug-likeness (QED) is 0.871. The maximum Gasteiger partial charge on any atom is 0.409 e. The van der Waals surface area contributed by atoms with E-state index >= 15 is 0 Å². The first-order valence-electron chi connectivity index (χ1n) is 5.59. The van der Waals surface area contributed by atoms with Crippen LogP contribution in [0.3, 0.4) is 0 Å². The predicted molar refractivity (Wildman–Crippen MR) is 70.8 cm³/mol. The largest absolute Gasteiger partial charge is 0.465 e. The SMILES string of the molecule is CN(C)Cc1ccc2cccc(NC(=O)O)c2n1. The van der Waals surface area contributed by atoms with Gasteiger partial charge in [-0.3, -0.25) is 5.32 Å². The van der Waals surface area contributed by atoms with Crippen molar-refractivity contribution < 1.29 is 9.90 Å². The van der Waals surface area contributed by atoms with Crippen molar-refractivity contribution in [2.75, 3.05) is 19.4 Å². The Morgan fingerprint density at radius 3 is 2.78 bits per heavy atom. The Balaban J connectivity index is 2.47. The Kier molecular flexibility index (Phi) is 3.43. The van der Waals surface area contributed by atoms with Gasteiger partial charge in [-0.2, -0.15) is 0 Å². The van der Waals surface area contributed by atoms with Crippen LogP contribution in [0.15, 0.2) is 30.3 Å². The molecule has 0 saturated heterocycles. The van der Waals surface area contributed by atoms with Crippen LogP contribution >= 0.6 is 0 Å². The summed E-state index contributed by atoms with van der Waals surface area (Å²) in [5.41, 5.74) is 2.10. The van der Waals surface area contributed by atoms with Crippen LogP contribution in [0.4, 0.5) is 10.5 Å². The number of nitrogens with zero attached hydrogens (tertiary/aromatic N) is 2. The predicted octanol–water partition coefficient (Wildman–Crippen LogP) is 2.39. The van der Waals surface area contributed by atoms with Gasteiger partial charge in [-0.25, -0.2) is 9.78 Å². The van der Waals surface area contributed by atoms with Gasteiger partial charge in [0.15, 0.2) is 0 Å². The van der Waals surface area contributed by atoms with Gasteiger partial charge in [0.1, 0.15) is 0 Å². The van der Waals surface area contributed by atoms with Crippen LogP contribution in [0.2, 0.25) is 0 Å². The molecule has 0 spiro atoms. The molecule has 0 fully saturated rings. The van der Waals surface area contributed by atoms with E-state index in [1.807, 2.05) is 37.2 Å². The summed E-state index contributed by atoms with van der Waals surface area (Å²) in [6.45, 7) is 0.720. The van der Waals surface area contributed by atoms with Gasteiger partial charge in [0.2, 0.25) is 0 Å².